The van der Waals surface area contributed by atoms with Crippen LogP contribution in [0.4, 0.5) is 0 Å². The Hall–Kier alpha value is -1.68. The van der Waals surface area contributed by atoms with E-state index >= 15 is 0 Å². The number of rotatable bonds is 6. The fraction of sp³-hybridized carbons (Fsp3) is 0.294. The first-order valence-corrected chi connectivity index (χ1v) is 6.71. The van der Waals surface area contributed by atoms with Crippen molar-refractivity contribution in [3.05, 3.63) is 71.8 Å². The van der Waals surface area contributed by atoms with Crippen molar-refractivity contribution in [2.24, 2.45) is 0 Å². The molecule has 0 radical (unpaired) electrons. The highest BCUT2D eigenvalue weighted by molar-refractivity contribution is 5.20. The van der Waals surface area contributed by atoms with Crippen molar-refractivity contribution in [1.82, 2.24) is 0 Å². The van der Waals surface area contributed by atoms with Crippen molar-refractivity contribution in [3.8, 4) is 0 Å². The van der Waals surface area contributed by atoms with Gasteiger partial charge in [-0.1, -0.05) is 60.7 Å². The second-order valence-electron chi connectivity index (χ2n) is 4.80. The Balaban J connectivity index is 2.05. The van der Waals surface area contributed by atoms with Crippen LogP contribution >= 0.6 is 0 Å². The number of aliphatic hydroxyl groups excluding tert-OH is 2. The summed E-state index contributed by atoms with van der Waals surface area (Å²) in [6.07, 6.45) is -1.67. The van der Waals surface area contributed by atoms with Crippen LogP contribution in [-0.2, 0) is 4.74 Å². The summed E-state index contributed by atoms with van der Waals surface area (Å²) in [4.78, 5) is 0. The van der Waals surface area contributed by atoms with Gasteiger partial charge in [0.1, 0.15) is 6.10 Å². The SMILES string of the molecule is COC(c1ccccc1)C(O)CC(O)c1ccccc1. The smallest absolute Gasteiger partial charge is 0.108 e. The van der Waals surface area contributed by atoms with Crippen LogP contribution < -0.4 is 0 Å². The van der Waals surface area contributed by atoms with Crippen LogP contribution in [0.2, 0.25) is 0 Å². The first-order chi connectivity index (χ1) is 9.72. The minimum atomic E-state index is -0.766. The largest absolute Gasteiger partial charge is 0.390 e. The first-order valence-electron chi connectivity index (χ1n) is 6.71. The molecule has 106 valence electrons. The predicted octanol–water partition coefficient (Wildman–Crippen LogP) is 2.86. The minimum absolute atomic E-state index is 0.234. The van der Waals surface area contributed by atoms with E-state index in [1.54, 1.807) is 7.11 Å². The van der Waals surface area contributed by atoms with Crippen LogP contribution in [-0.4, -0.2) is 23.4 Å². The van der Waals surface area contributed by atoms with Gasteiger partial charge in [0.05, 0.1) is 12.2 Å². The summed E-state index contributed by atoms with van der Waals surface area (Å²) in [5.41, 5.74) is 1.71. The molecular weight excluding hydrogens is 252 g/mol. The quantitative estimate of drug-likeness (QED) is 0.850. The topological polar surface area (TPSA) is 49.7 Å². The maximum atomic E-state index is 10.3. The number of hydrogen-bond acceptors (Lipinski definition) is 3. The van der Waals surface area contributed by atoms with Crippen molar-refractivity contribution in [2.75, 3.05) is 7.11 Å². The van der Waals surface area contributed by atoms with E-state index in [9.17, 15) is 10.2 Å². The van der Waals surface area contributed by atoms with E-state index in [4.69, 9.17) is 4.74 Å². The Kier molecular flexibility index (Phi) is 5.30. The lowest BCUT2D eigenvalue weighted by molar-refractivity contribution is -0.0371. The van der Waals surface area contributed by atoms with Crippen molar-refractivity contribution in [2.45, 2.75) is 24.7 Å². The van der Waals surface area contributed by atoms with Crippen molar-refractivity contribution in [1.29, 1.82) is 0 Å². The molecule has 2 aromatic carbocycles. The van der Waals surface area contributed by atoms with Crippen molar-refractivity contribution >= 4 is 0 Å². The molecule has 0 spiro atoms. The Morgan fingerprint density at radius 3 is 1.85 bits per heavy atom. The maximum absolute atomic E-state index is 10.3. The zero-order valence-corrected chi connectivity index (χ0v) is 11.5. The van der Waals surface area contributed by atoms with Gasteiger partial charge in [-0.15, -0.1) is 0 Å². The van der Waals surface area contributed by atoms with Crippen molar-refractivity contribution in [3.63, 3.8) is 0 Å². The van der Waals surface area contributed by atoms with E-state index in [1.165, 1.54) is 0 Å². The maximum Gasteiger partial charge on any atom is 0.108 e. The zero-order chi connectivity index (χ0) is 14.4. The molecule has 3 nitrogen and oxygen atoms in total. The van der Waals surface area contributed by atoms with Crippen LogP contribution in [0.1, 0.15) is 29.8 Å². The molecule has 2 aromatic rings. The lowest BCUT2D eigenvalue weighted by Crippen LogP contribution is -2.22. The highest BCUT2D eigenvalue weighted by atomic mass is 16.5. The van der Waals surface area contributed by atoms with Gasteiger partial charge < -0.3 is 14.9 Å². The third-order valence-electron chi connectivity index (χ3n) is 3.38. The fourth-order valence-corrected chi connectivity index (χ4v) is 2.32. The Morgan fingerprint density at radius 1 is 0.850 bits per heavy atom. The van der Waals surface area contributed by atoms with Gasteiger partial charge in [-0.2, -0.15) is 0 Å². The van der Waals surface area contributed by atoms with E-state index in [0.29, 0.717) is 0 Å². The Bertz CT molecular complexity index is 498. The summed E-state index contributed by atoms with van der Waals surface area (Å²) in [6, 6.07) is 18.9. The van der Waals surface area contributed by atoms with E-state index < -0.39 is 18.3 Å². The van der Waals surface area contributed by atoms with Crippen LogP contribution in [0.25, 0.3) is 0 Å². The first kappa shape index (κ1) is 14.7. The molecular formula is C17H20O3. The minimum Gasteiger partial charge on any atom is -0.390 e. The standard InChI is InChI=1S/C17H20O3/c1-20-17(14-10-6-3-7-11-14)16(19)12-15(18)13-8-4-2-5-9-13/h2-11,15-19H,12H2,1H3. The molecule has 3 unspecified atom stereocenters. The fourth-order valence-electron chi connectivity index (χ4n) is 2.32. The summed E-state index contributed by atoms with van der Waals surface area (Å²) in [5.74, 6) is 0. The van der Waals surface area contributed by atoms with Gasteiger partial charge >= 0.3 is 0 Å². The Labute approximate surface area is 119 Å². The van der Waals surface area contributed by atoms with Crippen LogP contribution in [0.5, 0.6) is 0 Å². The molecule has 3 heteroatoms. The number of hydrogen-bond donors (Lipinski definition) is 2. The summed E-state index contributed by atoms with van der Waals surface area (Å²) in [7, 11) is 1.57. The number of ether oxygens (including phenoxy) is 1. The lowest BCUT2D eigenvalue weighted by Gasteiger charge is -2.24. The highest BCUT2D eigenvalue weighted by Crippen LogP contribution is 2.27. The van der Waals surface area contributed by atoms with Crippen molar-refractivity contribution < 1.29 is 14.9 Å². The molecule has 2 N–H and O–H groups in total. The highest BCUT2D eigenvalue weighted by Gasteiger charge is 2.24. The average Bonchev–Trinajstić information content (AvgIpc) is 2.50. The second-order valence-corrected chi connectivity index (χ2v) is 4.80. The number of benzene rings is 2. The van der Waals surface area contributed by atoms with E-state index in [0.717, 1.165) is 11.1 Å². The molecule has 0 aliphatic heterocycles. The number of aliphatic hydroxyl groups is 2. The van der Waals surface area contributed by atoms with E-state index in [-0.39, 0.29) is 6.42 Å². The monoisotopic (exact) mass is 272 g/mol. The predicted molar refractivity (Wildman–Crippen MR) is 78.2 cm³/mol. The normalized spacial score (nSPS) is 15.6. The molecule has 0 amide bonds. The summed E-state index contributed by atoms with van der Waals surface area (Å²) in [6.45, 7) is 0. The molecule has 0 saturated heterocycles. The number of methoxy groups -OCH3 is 1. The molecule has 0 aliphatic rings. The van der Waals surface area contributed by atoms with Gasteiger partial charge in [0.25, 0.3) is 0 Å². The van der Waals surface area contributed by atoms with Crippen LogP contribution in [0, 0.1) is 0 Å². The summed E-state index contributed by atoms with van der Waals surface area (Å²) in [5, 5.41) is 20.5. The van der Waals surface area contributed by atoms with Crippen LogP contribution in [0.15, 0.2) is 60.7 Å². The van der Waals surface area contributed by atoms with Gasteiger partial charge in [-0.05, 0) is 11.1 Å². The Morgan fingerprint density at radius 2 is 1.35 bits per heavy atom. The molecule has 0 aliphatic carbocycles. The van der Waals surface area contributed by atoms with E-state index in [1.807, 2.05) is 60.7 Å². The third-order valence-corrected chi connectivity index (χ3v) is 3.38. The van der Waals surface area contributed by atoms with Crippen LogP contribution in [0.3, 0.4) is 0 Å². The third kappa shape index (κ3) is 3.67. The van der Waals surface area contributed by atoms with E-state index in [2.05, 4.69) is 0 Å². The van der Waals surface area contributed by atoms with Gasteiger partial charge in [0.2, 0.25) is 0 Å². The molecule has 0 fully saturated rings. The molecule has 20 heavy (non-hydrogen) atoms. The molecule has 0 aromatic heterocycles. The summed E-state index contributed by atoms with van der Waals surface area (Å²) < 4.78 is 5.37. The lowest BCUT2D eigenvalue weighted by atomic mass is 9.96. The van der Waals surface area contributed by atoms with Gasteiger partial charge in [0, 0.05) is 13.5 Å². The zero-order valence-electron chi connectivity index (χ0n) is 11.5. The molecule has 0 heterocycles. The van der Waals surface area contributed by atoms with Gasteiger partial charge in [-0.25, -0.2) is 0 Å². The molecule has 0 bridgehead atoms. The second kappa shape index (κ2) is 7.20. The average molecular weight is 272 g/mol. The molecule has 2 rings (SSSR count). The molecule has 3 atom stereocenters. The van der Waals surface area contributed by atoms with Gasteiger partial charge in [-0.3, -0.25) is 0 Å². The van der Waals surface area contributed by atoms with Gasteiger partial charge in [0.15, 0.2) is 0 Å². The molecule has 0 saturated carbocycles. The summed E-state index contributed by atoms with van der Waals surface area (Å²) >= 11 is 0.